The first-order valence-corrected chi connectivity index (χ1v) is 11.1. The summed E-state index contributed by atoms with van der Waals surface area (Å²) in [5.74, 6) is -0.328. The number of nitrogens with zero attached hydrogens (tertiary/aromatic N) is 2. The second kappa shape index (κ2) is 8.69. The lowest BCUT2D eigenvalue weighted by Gasteiger charge is -2.26. The van der Waals surface area contributed by atoms with Crippen molar-refractivity contribution in [3.8, 4) is 0 Å². The van der Waals surface area contributed by atoms with Crippen molar-refractivity contribution in [2.45, 2.75) is 37.0 Å². The Bertz CT molecular complexity index is 742. The maximum Gasteiger partial charge on any atom is 0.252 e. The summed E-state index contributed by atoms with van der Waals surface area (Å²) in [6, 6.07) is 4.36. The number of hydrogen-bond donors (Lipinski definition) is 1. The highest BCUT2D eigenvalue weighted by atomic mass is 35.5. The van der Waals surface area contributed by atoms with E-state index in [1.807, 2.05) is 0 Å². The molecule has 0 saturated carbocycles. The highest BCUT2D eigenvalue weighted by Gasteiger charge is 2.28. The van der Waals surface area contributed by atoms with Crippen LogP contribution >= 0.6 is 11.6 Å². The molecule has 1 aromatic rings. The SMILES string of the molecule is O=C(NCCN1CCCCC1)c1cc(S(=O)(=O)N2CCCC2)ccc1Cl. The molecule has 26 heavy (non-hydrogen) atoms. The fourth-order valence-electron chi connectivity index (χ4n) is 3.52. The topological polar surface area (TPSA) is 69.7 Å². The van der Waals surface area contributed by atoms with Crippen LogP contribution in [0.1, 0.15) is 42.5 Å². The van der Waals surface area contributed by atoms with Gasteiger partial charge in [0.25, 0.3) is 5.91 Å². The minimum Gasteiger partial charge on any atom is -0.351 e. The molecule has 3 rings (SSSR count). The lowest BCUT2D eigenvalue weighted by atomic mass is 10.1. The number of sulfonamides is 1. The summed E-state index contributed by atoms with van der Waals surface area (Å²) in [4.78, 5) is 14.9. The Labute approximate surface area is 160 Å². The number of likely N-dealkylation sites (tertiary alicyclic amines) is 1. The Hall–Kier alpha value is -1.15. The Morgan fingerprint density at radius 1 is 1.04 bits per heavy atom. The summed E-state index contributed by atoms with van der Waals surface area (Å²) < 4.78 is 26.8. The molecule has 6 nitrogen and oxygen atoms in total. The van der Waals surface area contributed by atoms with Crippen molar-refractivity contribution in [2.75, 3.05) is 39.3 Å². The van der Waals surface area contributed by atoms with Crippen LogP contribution in [-0.2, 0) is 10.0 Å². The number of halogens is 1. The third-order valence-corrected chi connectivity index (χ3v) is 7.27. The van der Waals surface area contributed by atoms with Gasteiger partial charge < -0.3 is 10.2 Å². The largest absolute Gasteiger partial charge is 0.351 e. The van der Waals surface area contributed by atoms with E-state index < -0.39 is 10.0 Å². The van der Waals surface area contributed by atoms with Crippen LogP contribution in [0.15, 0.2) is 23.1 Å². The zero-order valence-electron chi connectivity index (χ0n) is 14.9. The van der Waals surface area contributed by atoms with Gasteiger partial charge in [0.1, 0.15) is 0 Å². The summed E-state index contributed by atoms with van der Waals surface area (Å²) in [6.07, 6.45) is 5.43. The fraction of sp³-hybridized carbons (Fsp3) is 0.611. The number of rotatable bonds is 6. The van der Waals surface area contributed by atoms with Crippen molar-refractivity contribution >= 4 is 27.5 Å². The number of nitrogens with one attached hydrogen (secondary N) is 1. The standard InChI is InChI=1S/C18H26ClN3O3S/c19-17-7-6-15(26(24,25)22-11-4-5-12-22)14-16(17)18(23)20-8-13-21-9-2-1-3-10-21/h6-7,14H,1-5,8-13H2,(H,20,23). The first kappa shape index (κ1) is 19.6. The molecule has 2 aliphatic heterocycles. The number of carbonyl (C=O) groups is 1. The van der Waals surface area contributed by atoms with Gasteiger partial charge in [0.15, 0.2) is 0 Å². The van der Waals surface area contributed by atoms with Crippen LogP contribution in [0.3, 0.4) is 0 Å². The number of benzene rings is 1. The Morgan fingerprint density at radius 3 is 2.38 bits per heavy atom. The van der Waals surface area contributed by atoms with Crippen molar-refractivity contribution in [2.24, 2.45) is 0 Å². The van der Waals surface area contributed by atoms with Gasteiger partial charge in [-0.15, -0.1) is 0 Å². The monoisotopic (exact) mass is 399 g/mol. The molecule has 0 aliphatic carbocycles. The van der Waals surface area contributed by atoms with Gasteiger partial charge >= 0.3 is 0 Å². The van der Waals surface area contributed by atoms with Gasteiger partial charge in [-0.25, -0.2) is 8.42 Å². The second-order valence-electron chi connectivity index (χ2n) is 6.91. The highest BCUT2D eigenvalue weighted by Crippen LogP contribution is 2.25. The molecular formula is C18H26ClN3O3S. The van der Waals surface area contributed by atoms with Gasteiger partial charge in [-0.1, -0.05) is 18.0 Å². The number of piperidine rings is 1. The van der Waals surface area contributed by atoms with Crippen molar-refractivity contribution in [3.63, 3.8) is 0 Å². The Balaban J connectivity index is 1.65. The molecule has 0 atom stereocenters. The highest BCUT2D eigenvalue weighted by molar-refractivity contribution is 7.89. The maximum atomic E-state index is 12.7. The molecular weight excluding hydrogens is 374 g/mol. The van der Waals surface area contributed by atoms with Crippen LogP contribution in [0.25, 0.3) is 0 Å². The summed E-state index contributed by atoms with van der Waals surface area (Å²) in [5.41, 5.74) is 0.214. The lowest BCUT2D eigenvalue weighted by molar-refractivity contribution is 0.0946. The van der Waals surface area contributed by atoms with Crippen molar-refractivity contribution in [1.82, 2.24) is 14.5 Å². The summed E-state index contributed by atoms with van der Waals surface area (Å²) in [6.45, 7) is 4.53. The van der Waals surface area contributed by atoms with E-state index >= 15 is 0 Å². The zero-order chi connectivity index (χ0) is 18.6. The van der Waals surface area contributed by atoms with Gasteiger partial charge in [0.05, 0.1) is 15.5 Å². The normalized spacial score (nSPS) is 19.6. The quantitative estimate of drug-likeness (QED) is 0.797. The number of carbonyl (C=O) groups excluding carboxylic acids is 1. The second-order valence-corrected chi connectivity index (χ2v) is 9.26. The van der Waals surface area contributed by atoms with E-state index in [-0.39, 0.29) is 21.4 Å². The molecule has 0 unspecified atom stereocenters. The van der Waals surface area contributed by atoms with E-state index in [1.54, 1.807) is 0 Å². The number of amides is 1. The van der Waals surface area contributed by atoms with E-state index in [4.69, 9.17) is 11.6 Å². The molecule has 1 aromatic carbocycles. The molecule has 144 valence electrons. The van der Waals surface area contributed by atoms with Crippen LogP contribution in [0.5, 0.6) is 0 Å². The third kappa shape index (κ3) is 4.57. The van der Waals surface area contributed by atoms with E-state index in [0.29, 0.717) is 19.6 Å². The lowest BCUT2D eigenvalue weighted by Crippen LogP contribution is -2.37. The fourth-order valence-corrected chi connectivity index (χ4v) is 5.27. The molecule has 8 heteroatoms. The van der Waals surface area contributed by atoms with Crippen LogP contribution in [0.2, 0.25) is 5.02 Å². The minimum atomic E-state index is -3.56. The van der Waals surface area contributed by atoms with Crippen LogP contribution in [-0.4, -0.2) is 62.8 Å². The molecule has 2 fully saturated rings. The van der Waals surface area contributed by atoms with Gasteiger partial charge in [-0.2, -0.15) is 4.31 Å². The van der Waals surface area contributed by atoms with E-state index in [2.05, 4.69) is 10.2 Å². The van der Waals surface area contributed by atoms with E-state index in [0.717, 1.165) is 32.5 Å². The van der Waals surface area contributed by atoms with Gasteiger partial charge in [-0.3, -0.25) is 4.79 Å². The predicted molar refractivity (Wildman–Crippen MR) is 102 cm³/mol. The van der Waals surface area contributed by atoms with Crippen LogP contribution < -0.4 is 5.32 Å². The Kier molecular flexibility index (Phi) is 6.55. The van der Waals surface area contributed by atoms with Gasteiger partial charge in [0.2, 0.25) is 10.0 Å². The molecule has 1 N–H and O–H groups in total. The smallest absolute Gasteiger partial charge is 0.252 e. The molecule has 2 saturated heterocycles. The molecule has 2 heterocycles. The van der Waals surface area contributed by atoms with Crippen molar-refractivity contribution < 1.29 is 13.2 Å². The Morgan fingerprint density at radius 2 is 1.69 bits per heavy atom. The average molecular weight is 400 g/mol. The maximum absolute atomic E-state index is 12.7. The van der Waals surface area contributed by atoms with Crippen molar-refractivity contribution in [1.29, 1.82) is 0 Å². The summed E-state index contributed by atoms with van der Waals surface area (Å²) >= 11 is 6.15. The molecule has 0 bridgehead atoms. The molecule has 1 amide bonds. The molecule has 0 spiro atoms. The molecule has 2 aliphatic rings. The summed E-state index contributed by atoms with van der Waals surface area (Å²) in [5, 5.41) is 3.13. The van der Waals surface area contributed by atoms with E-state index in [9.17, 15) is 13.2 Å². The van der Waals surface area contributed by atoms with Gasteiger partial charge in [-0.05, 0) is 57.0 Å². The first-order valence-electron chi connectivity index (χ1n) is 9.29. The average Bonchev–Trinajstić information content (AvgIpc) is 3.18. The van der Waals surface area contributed by atoms with E-state index in [1.165, 1.54) is 41.8 Å². The van der Waals surface area contributed by atoms with Crippen LogP contribution in [0.4, 0.5) is 0 Å². The summed E-state index contributed by atoms with van der Waals surface area (Å²) in [7, 11) is -3.56. The molecule has 0 aromatic heterocycles. The molecule has 0 radical (unpaired) electrons. The minimum absolute atomic E-state index is 0.130. The van der Waals surface area contributed by atoms with Crippen molar-refractivity contribution in [3.05, 3.63) is 28.8 Å². The van der Waals surface area contributed by atoms with Gasteiger partial charge in [0, 0.05) is 26.2 Å². The third-order valence-electron chi connectivity index (χ3n) is 5.05. The van der Waals surface area contributed by atoms with Crippen LogP contribution in [0, 0.1) is 0 Å². The number of hydrogen-bond acceptors (Lipinski definition) is 4. The zero-order valence-corrected chi connectivity index (χ0v) is 16.5. The first-order chi connectivity index (χ1) is 12.5. The predicted octanol–water partition coefficient (Wildman–Crippen LogP) is 2.34.